The van der Waals surface area contributed by atoms with E-state index in [0.29, 0.717) is 25.6 Å². The lowest BCUT2D eigenvalue weighted by Gasteiger charge is -2.17. The summed E-state index contributed by atoms with van der Waals surface area (Å²) in [6.07, 6.45) is 3.42. The molecule has 0 aliphatic heterocycles. The summed E-state index contributed by atoms with van der Waals surface area (Å²) in [6.45, 7) is 4.24. The molecule has 184 valence electrons. The third kappa shape index (κ3) is 5.66. The molecule has 0 aliphatic rings. The molecule has 36 heavy (non-hydrogen) atoms. The van der Waals surface area contributed by atoms with Gasteiger partial charge in [-0.1, -0.05) is 43.8 Å². The molecule has 0 fully saturated rings. The van der Waals surface area contributed by atoms with Crippen LogP contribution < -0.4 is 5.32 Å². The molecule has 0 radical (unpaired) electrons. The standard InChI is InChI=1S/C24H20Br2N6O3S/c1-14(2)17-7-3-4-8-20(17)31-23(15-6-5-9-27-12-15)29-30-24(31)36-13-21(33)28-22-18(25)10-16(32(34)35)11-19(22)26/h3-12,14H,13H2,1-2H3,(H,28,33). The number of carbonyl (C=O) groups excluding carboxylic acids is 1. The van der Waals surface area contributed by atoms with Crippen molar-refractivity contribution in [3.05, 3.63) is 85.5 Å². The van der Waals surface area contributed by atoms with Crippen LogP contribution in [0.2, 0.25) is 0 Å². The molecule has 1 amide bonds. The molecule has 1 N–H and O–H groups in total. The topological polar surface area (TPSA) is 116 Å². The van der Waals surface area contributed by atoms with E-state index in [-0.39, 0.29) is 23.3 Å². The number of carbonyl (C=O) groups is 1. The largest absolute Gasteiger partial charge is 0.323 e. The highest BCUT2D eigenvalue weighted by atomic mass is 79.9. The monoisotopic (exact) mass is 630 g/mol. The van der Waals surface area contributed by atoms with Crippen LogP contribution in [0.5, 0.6) is 0 Å². The number of hydrogen-bond acceptors (Lipinski definition) is 7. The van der Waals surface area contributed by atoms with E-state index < -0.39 is 4.92 Å². The van der Waals surface area contributed by atoms with Crippen LogP contribution in [0.25, 0.3) is 17.1 Å². The van der Waals surface area contributed by atoms with Crippen LogP contribution in [0, 0.1) is 10.1 Å². The summed E-state index contributed by atoms with van der Waals surface area (Å²) in [4.78, 5) is 27.6. The van der Waals surface area contributed by atoms with Gasteiger partial charge in [-0.05, 0) is 61.5 Å². The zero-order chi connectivity index (χ0) is 25.8. The molecule has 0 saturated heterocycles. The number of thioether (sulfide) groups is 1. The Bertz CT molecular complexity index is 1410. The molecule has 4 aromatic rings. The van der Waals surface area contributed by atoms with Crippen LogP contribution in [0.15, 0.2) is 75.0 Å². The number of benzene rings is 2. The minimum atomic E-state index is -0.501. The summed E-state index contributed by atoms with van der Waals surface area (Å²) < 4.78 is 2.74. The number of amides is 1. The van der Waals surface area contributed by atoms with E-state index in [9.17, 15) is 14.9 Å². The molecule has 0 aliphatic carbocycles. The number of non-ortho nitro benzene ring substituents is 1. The van der Waals surface area contributed by atoms with Gasteiger partial charge in [-0.3, -0.25) is 24.5 Å². The molecule has 0 bridgehead atoms. The number of pyridine rings is 1. The number of aromatic nitrogens is 4. The van der Waals surface area contributed by atoms with Crippen molar-refractivity contribution in [2.45, 2.75) is 24.9 Å². The number of anilines is 1. The maximum absolute atomic E-state index is 12.8. The van der Waals surface area contributed by atoms with E-state index in [1.165, 1.54) is 23.9 Å². The molecule has 4 rings (SSSR count). The summed E-state index contributed by atoms with van der Waals surface area (Å²) in [5, 5.41) is 23.2. The smallest absolute Gasteiger partial charge is 0.271 e. The van der Waals surface area contributed by atoms with Crippen LogP contribution >= 0.6 is 43.6 Å². The predicted octanol–water partition coefficient (Wildman–Crippen LogP) is 6.62. The van der Waals surface area contributed by atoms with Gasteiger partial charge in [0.25, 0.3) is 5.69 Å². The lowest BCUT2D eigenvalue weighted by molar-refractivity contribution is -0.385. The van der Waals surface area contributed by atoms with Gasteiger partial charge in [0, 0.05) is 39.0 Å². The van der Waals surface area contributed by atoms with E-state index in [1.54, 1.807) is 12.4 Å². The summed E-state index contributed by atoms with van der Waals surface area (Å²) in [5.74, 6) is 0.624. The Morgan fingerprint density at radius 1 is 1.14 bits per heavy atom. The molecular formula is C24H20Br2N6O3S. The molecule has 0 unspecified atom stereocenters. The minimum absolute atomic E-state index is 0.0465. The number of nitro groups is 1. The molecule has 0 spiro atoms. The fourth-order valence-corrected chi connectivity index (χ4v) is 5.64. The van der Waals surface area contributed by atoms with Crippen LogP contribution in [-0.4, -0.2) is 36.3 Å². The Kier molecular flexibility index (Phi) is 8.17. The van der Waals surface area contributed by atoms with Crippen molar-refractivity contribution in [2.75, 3.05) is 11.1 Å². The van der Waals surface area contributed by atoms with Gasteiger partial charge < -0.3 is 5.32 Å². The zero-order valence-electron chi connectivity index (χ0n) is 19.2. The van der Waals surface area contributed by atoms with Crippen molar-refractivity contribution in [3.8, 4) is 17.1 Å². The SMILES string of the molecule is CC(C)c1ccccc1-n1c(SCC(=O)Nc2c(Br)cc([N+](=O)[O-])cc2Br)nnc1-c1cccnc1. The van der Waals surface area contributed by atoms with E-state index in [1.807, 2.05) is 34.9 Å². The molecule has 9 nitrogen and oxygen atoms in total. The number of rotatable bonds is 8. The molecule has 2 aromatic heterocycles. The van der Waals surface area contributed by atoms with Gasteiger partial charge >= 0.3 is 0 Å². The second kappa shape index (κ2) is 11.3. The lowest BCUT2D eigenvalue weighted by atomic mass is 10.0. The Morgan fingerprint density at radius 3 is 2.50 bits per heavy atom. The number of nitrogens with zero attached hydrogens (tertiary/aromatic N) is 5. The maximum atomic E-state index is 12.8. The highest BCUT2D eigenvalue weighted by molar-refractivity contribution is 9.11. The summed E-state index contributed by atoms with van der Waals surface area (Å²) in [5.41, 5.74) is 3.17. The van der Waals surface area contributed by atoms with E-state index in [2.05, 4.69) is 72.3 Å². The average molecular weight is 632 g/mol. The van der Waals surface area contributed by atoms with Gasteiger partial charge in [-0.15, -0.1) is 10.2 Å². The average Bonchev–Trinajstić information content (AvgIpc) is 3.29. The summed E-state index contributed by atoms with van der Waals surface area (Å²) in [6, 6.07) is 14.5. The van der Waals surface area contributed by atoms with Crippen molar-refractivity contribution < 1.29 is 9.72 Å². The fraction of sp³-hybridized carbons (Fsp3) is 0.167. The predicted molar refractivity (Wildman–Crippen MR) is 147 cm³/mol. The Labute approximate surface area is 228 Å². The first-order chi connectivity index (χ1) is 17.3. The first kappa shape index (κ1) is 26.0. The first-order valence-electron chi connectivity index (χ1n) is 10.8. The number of nitro benzene ring substituents is 1. The molecule has 0 saturated carbocycles. The molecule has 2 heterocycles. The quantitative estimate of drug-likeness (QED) is 0.132. The molecule has 0 atom stereocenters. The third-order valence-electron chi connectivity index (χ3n) is 5.19. The van der Waals surface area contributed by atoms with E-state index in [0.717, 1.165) is 16.8 Å². The van der Waals surface area contributed by atoms with Gasteiger partial charge in [-0.2, -0.15) is 0 Å². The van der Waals surface area contributed by atoms with Gasteiger partial charge in [0.05, 0.1) is 22.1 Å². The second-order valence-corrected chi connectivity index (χ2v) is 10.6. The van der Waals surface area contributed by atoms with Crippen molar-refractivity contribution in [1.82, 2.24) is 19.7 Å². The highest BCUT2D eigenvalue weighted by Gasteiger charge is 2.21. The highest BCUT2D eigenvalue weighted by Crippen LogP contribution is 2.36. The Morgan fingerprint density at radius 2 is 1.86 bits per heavy atom. The van der Waals surface area contributed by atoms with Gasteiger partial charge in [0.1, 0.15) is 0 Å². The van der Waals surface area contributed by atoms with Gasteiger partial charge in [-0.25, -0.2) is 0 Å². The first-order valence-corrected chi connectivity index (χ1v) is 13.3. The number of hydrogen-bond donors (Lipinski definition) is 1. The Balaban J connectivity index is 1.63. The van der Waals surface area contributed by atoms with Crippen LogP contribution in [-0.2, 0) is 4.79 Å². The number of nitrogens with one attached hydrogen (secondary N) is 1. The normalized spacial score (nSPS) is 11.0. The van der Waals surface area contributed by atoms with E-state index >= 15 is 0 Å². The van der Waals surface area contributed by atoms with E-state index in [4.69, 9.17) is 0 Å². The van der Waals surface area contributed by atoms with Gasteiger partial charge in [0.15, 0.2) is 11.0 Å². The summed E-state index contributed by atoms with van der Waals surface area (Å²) in [7, 11) is 0. The van der Waals surface area contributed by atoms with Gasteiger partial charge in [0.2, 0.25) is 5.91 Å². The lowest BCUT2D eigenvalue weighted by Crippen LogP contribution is -2.15. The van der Waals surface area contributed by atoms with Crippen molar-refractivity contribution in [3.63, 3.8) is 0 Å². The number of halogens is 2. The minimum Gasteiger partial charge on any atom is -0.323 e. The Hall–Kier alpha value is -3.09. The van der Waals surface area contributed by atoms with Crippen LogP contribution in [0.1, 0.15) is 25.3 Å². The van der Waals surface area contributed by atoms with Crippen molar-refractivity contribution in [1.29, 1.82) is 0 Å². The van der Waals surface area contributed by atoms with Crippen molar-refractivity contribution in [2.24, 2.45) is 0 Å². The zero-order valence-corrected chi connectivity index (χ0v) is 23.2. The maximum Gasteiger partial charge on any atom is 0.271 e. The summed E-state index contributed by atoms with van der Waals surface area (Å²) >= 11 is 7.83. The van der Waals surface area contributed by atoms with Crippen LogP contribution in [0.4, 0.5) is 11.4 Å². The third-order valence-corrected chi connectivity index (χ3v) is 7.37. The fourth-order valence-electron chi connectivity index (χ4n) is 3.53. The molecular weight excluding hydrogens is 612 g/mol. The van der Waals surface area contributed by atoms with Crippen LogP contribution in [0.3, 0.4) is 0 Å². The van der Waals surface area contributed by atoms with Crippen molar-refractivity contribution >= 4 is 60.9 Å². The molecule has 12 heteroatoms. The number of para-hydroxylation sites is 1. The second-order valence-electron chi connectivity index (χ2n) is 7.98. The molecule has 2 aromatic carbocycles.